The molecule has 4 aromatic rings. The van der Waals surface area contributed by atoms with Crippen molar-refractivity contribution in [3.63, 3.8) is 0 Å². The van der Waals surface area contributed by atoms with Crippen molar-refractivity contribution >= 4 is 34.2 Å². The van der Waals surface area contributed by atoms with E-state index in [1.54, 1.807) is 0 Å². The first-order valence-corrected chi connectivity index (χ1v) is 9.69. The van der Waals surface area contributed by atoms with E-state index in [9.17, 15) is 31.5 Å². The van der Waals surface area contributed by atoms with Gasteiger partial charge < -0.3 is 21.4 Å². The number of halogens is 5. The van der Waals surface area contributed by atoms with Crippen LogP contribution in [0.5, 0.6) is 0 Å². The summed E-state index contributed by atoms with van der Waals surface area (Å²) in [5.41, 5.74) is 5.32. The maximum atomic E-state index is 13.8. The molecular weight excluding hydrogens is 459 g/mol. The summed E-state index contributed by atoms with van der Waals surface area (Å²) in [6.07, 6.45) is -4.70. The van der Waals surface area contributed by atoms with Gasteiger partial charge in [0.25, 0.3) is 5.91 Å². The highest BCUT2D eigenvalue weighted by Crippen LogP contribution is 2.34. The zero-order chi connectivity index (χ0) is 24.6. The van der Waals surface area contributed by atoms with Crippen molar-refractivity contribution in [2.24, 2.45) is 5.73 Å². The van der Waals surface area contributed by atoms with Crippen LogP contribution in [0.1, 0.15) is 16.1 Å². The summed E-state index contributed by atoms with van der Waals surface area (Å²) in [6.45, 7) is 0. The number of hydrogen-bond donors (Lipinski definition) is 4. The van der Waals surface area contributed by atoms with Gasteiger partial charge in [-0.1, -0.05) is 12.1 Å². The average Bonchev–Trinajstić information content (AvgIpc) is 3.14. The van der Waals surface area contributed by atoms with E-state index >= 15 is 0 Å². The predicted molar refractivity (Wildman–Crippen MR) is 116 cm³/mol. The quantitative estimate of drug-likeness (QED) is 0.278. The molecule has 0 aliphatic rings. The summed E-state index contributed by atoms with van der Waals surface area (Å²) in [7, 11) is 0. The van der Waals surface area contributed by atoms with Gasteiger partial charge in [0, 0.05) is 22.2 Å². The van der Waals surface area contributed by atoms with Gasteiger partial charge in [-0.15, -0.1) is 0 Å². The smallest absolute Gasteiger partial charge is 0.364 e. The van der Waals surface area contributed by atoms with Crippen LogP contribution in [0.25, 0.3) is 22.0 Å². The van der Waals surface area contributed by atoms with Gasteiger partial charge in [-0.05, 0) is 54.1 Å². The van der Waals surface area contributed by atoms with Crippen LogP contribution in [-0.4, -0.2) is 16.9 Å². The predicted octanol–water partition coefficient (Wildman–Crippen LogP) is 5.87. The summed E-state index contributed by atoms with van der Waals surface area (Å²) in [5, 5.41) is 4.83. The first kappa shape index (κ1) is 22.8. The molecule has 0 fully saturated rings. The number of benzene rings is 3. The molecule has 4 rings (SSSR count). The fourth-order valence-corrected chi connectivity index (χ4v) is 3.45. The lowest BCUT2D eigenvalue weighted by molar-refractivity contribution is -0.137. The molecule has 1 heterocycles. The third-order valence-electron chi connectivity index (χ3n) is 4.98. The van der Waals surface area contributed by atoms with Crippen LogP contribution in [0.15, 0.2) is 60.7 Å². The van der Waals surface area contributed by atoms with Crippen molar-refractivity contribution in [3.8, 4) is 11.1 Å². The van der Waals surface area contributed by atoms with Crippen LogP contribution in [0.3, 0.4) is 0 Å². The van der Waals surface area contributed by atoms with E-state index in [4.69, 9.17) is 5.73 Å². The van der Waals surface area contributed by atoms with Gasteiger partial charge in [0.15, 0.2) is 0 Å². The standard InChI is InChI=1S/C23H15F5N4O2/c24-13-4-8-17-15(10-13)19(20(31-17)21(29)33)11-1-5-14(6-2-11)30-22(34)32-18-9-12(23(26,27)28)3-7-16(18)25/h1-10,31H,(H2,29,33)(H2,30,32,34). The summed E-state index contributed by atoms with van der Waals surface area (Å²) in [4.78, 5) is 26.9. The highest BCUT2D eigenvalue weighted by molar-refractivity contribution is 6.09. The molecule has 0 aliphatic heterocycles. The molecule has 0 radical (unpaired) electrons. The molecule has 0 bridgehead atoms. The summed E-state index contributed by atoms with van der Waals surface area (Å²) >= 11 is 0. The van der Waals surface area contributed by atoms with Gasteiger partial charge >= 0.3 is 12.2 Å². The number of urea groups is 1. The van der Waals surface area contributed by atoms with Crippen LogP contribution in [-0.2, 0) is 6.18 Å². The second-order valence-corrected chi connectivity index (χ2v) is 7.28. The van der Waals surface area contributed by atoms with Gasteiger partial charge in [0.05, 0.1) is 11.3 Å². The normalized spacial score (nSPS) is 11.4. The van der Waals surface area contributed by atoms with Crippen molar-refractivity contribution in [1.29, 1.82) is 0 Å². The number of primary amides is 1. The number of carbonyl (C=O) groups excluding carboxylic acids is 2. The Hall–Kier alpha value is -4.41. The van der Waals surface area contributed by atoms with Crippen LogP contribution in [0, 0.1) is 11.6 Å². The Morgan fingerprint density at radius 1 is 0.882 bits per heavy atom. The molecule has 6 nitrogen and oxygen atoms in total. The monoisotopic (exact) mass is 474 g/mol. The van der Waals surface area contributed by atoms with Gasteiger partial charge in [-0.25, -0.2) is 13.6 Å². The van der Waals surface area contributed by atoms with Gasteiger partial charge in [-0.3, -0.25) is 4.79 Å². The fourth-order valence-electron chi connectivity index (χ4n) is 3.45. The number of anilines is 2. The molecule has 3 amide bonds. The number of aromatic amines is 1. The van der Waals surface area contributed by atoms with E-state index < -0.39 is 41.0 Å². The van der Waals surface area contributed by atoms with Crippen LogP contribution in [0.2, 0.25) is 0 Å². The van der Waals surface area contributed by atoms with E-state index in [0.29, 0.717) is 40.2 Å². The fraction of sp³-hybridized carbons (Fsp3) is 0.0435. The van der Waals surface area contributed by atoms with E-state index in [-0.39, 0.29) is 11.4 Å². The number of alkyl halides is 3. The number of aromatic nitrogens is 1. The first-order valence-electron chi connectivity index (χ1n) is 9.69. The molecule has 5 N–H and O–H groups in total. The highest BCUT2D eigenvalue weighted by Gasteiger charge is 2.31. The van der Waals surface area contributed by atoms with Crippen molar-refractivity contribution < 1.29 is 31.5 Å². The topological polar surface area (TPSA) is 100 Å². The average molecular weight is 474 g/mol. The Morgan fingerprint density at radius 3 is 2.24 bits per heavy atom. The molecular formula is C23H15F5N4O2. The van der Waals surface area contributed by atoms with Crippen molar-refractivity contribution in [1.82, 2.24) is 4.98 Å². The Kier molecular flexibility index (Phi) is 5.70. The molecule has 0 unspecified atom stereocenters. The Balaban J connectivity index is 1.57. The van der Waals surface area contributed by atoms with Crippen LogP contribution < -0.4 is 16.4 Å². The number of fused-ring (bicyclic) bond motifs is 1. The molecule has 0 aliphatic carbocycles. The maximum absolute atomic E-state index is 13.8. The lowest BCUT2D eigenvalue weighted by Gasteiger charge is -2.12. The number of nitrogens with one attached hydrogen (secondary N) is 3. The largest absolute Gasteiger partial charge is 0.416 e. The molecule has 0 saturated heterocycles. The molecule has 0 spiro atoms. The number of nitrogens with two attached hydrogens (primary N) is 1. The van der Waals surface area contributed by atoms with Gasteiger partial charge in [-0.2, -0.15) is 13.2 Å². The molecule has 34 heavy (non-hydrogen) atoms. The Bertz CT molecular complexity index is 1410. The van der Waals surface area contributed by atoms with E-state index in [2.05, 4.69) is 10.3 Å². The Labute approximate surface area is 188 Å². The third-order valence-corrected chi connectivity index (χ3v) is 4.98. The molecule has 11 heteroatoms. The number of H-pyrrole nitrogens is 1. The minimum absolute atomic E-state index is 0.0686. The number of carbonyl (C=O) groups is 2. The summed E-state index contributed by atoms with van der Waals surface area (Å²) in [6, 6.07) is 10.6. The molecule has 174 valence electrons. The van der Waals surface area contributed by atoms with E-state index in [1.807, 2.05) is 5.32 Å². The minimum Gasteiger partial charge on any atom is -0.364 e. The van der Waals surface area contributed by atoms with Crippen LogP contribution >= 0.6 is 0 Å². The second kappa shape index (κ2) is 8.50. The second-order valence-electron chi connectivity index (χ2n) is 7.28. The maximum Gasteiger partial charge on any atom is 0.416 e. The highest BCUT2D eigenvalue weighted by atomic mass is 19.4. The number of hydrogen-bond acceptors (Lipinski definition) is 2. The molecule has 0 atom stereocenters. The minimum atomic E-state index is -4.70. The first-order chi connectivity index (χ1) is 16.0. The lowest BCUT2D eigenvalue weighted by Crippen LogP contribution is -2.20. The van der Waals surface area contributed by atoms with Gasteiger partial charge in [0.1, 0.15) is 17.3 Å². The molecule has 1 aromatic heterocycles. The molecule has 3 aromatic carbocycles. The van der Waals surface area contributed by atoms with Crippen molar-refractivity contribution in [3.05, 3.63) is 83.6 Å². The number of rotatable bonds is 4. The van der Waals surface area contributed by atoms with Crippen LogP contribution in [0.4, 0.5) is 38.1 Å². The third kappa shape index (κ3) is 4.53. The summed E-state index contributed by atoms with van der Waals surface area (Å²) in [5.74, 6) is -2.30. The number of amides is 3. The van der Waals surface area contributed by atoms with E-state index in [1.165, 1.54) is 42.5 Å². The zero-order valence-electron chi connectivity index (χ0n) is 17.1. The van der Waals surface area contributed by atoms with Gasteiger partial charge in [0.2, 0.25) is 0 Å². The SMILES string of the molecule is NC(=O)c1[nH]c2ccc(F)cc2c1-c1ccc(NC(=O)Nc2cc(C(F)(F)F)ccc2F)cc1. The van der Waals surface area contributed by atoms with Crippen molar-refractivity contribution in [2.75, 3.05) is 10.6 Å². The zero-order valence-corrected chi connectivity index (χ0v) is 17.1. The van der Waals surface area contributed by atoms with Crippen molar-refractivity contribution in [2.45, 2.75) is 6.18 Å². The Morgan fingerprint density at radius 2 is 1.59 bits per heavy atom. The van der Waals surface area contributed by atoms with E-state index in [0.717, 1.165) is 0 Å². The lowest BCUT2D eigenvalue weighted by atomic mass is 10.0. The molecule has 0 saturated carbocycles. The summed E-state index contributed by atoms with van der Waals surface area (Å²) < 4.78 is 66.1.